The summed E-state index contributed by atoms with van der Waals surface area (Å²) in [6.45, 7) is 2.79. The Labute approximate surface area is 91.4 Å². The van der Waals surface area contributed by atoms with E-state index in [0.717, 1.165) is 0 Å². The number of rotatable bonds is 4. The number of ether oxygens (including phenoxy) is 1. The standard InChI is InChI=1S/C13H19NO/c1-10(14)13(7-8-13)12-5-3-11(4-6-12)9-15-2/h3-6,10H,7-9,14H2,1-2H3. The summed E-state index contributed by atoms with van der Waals surface area (Å²) in [6.07, 6.45) is 2.46. The van der Waals surface area contributed by atoms with E-state index >= 15 is 0 Å². The van der Waals surface area contributed by atoms with Crippen LogP contribution < -0.4 is 5.73 Å². The van der Waals surface area contributed by atoms with Crippen LogP contribution >= 0.6 is 0 Å². The van der Waals surface area contributed by atoms with E-state index in [-0.39, 0.29) is 11.5 Å². The van der Waals surface area contributed by atoms with Gasteiger partial charge in [-0.1, -0.05) is 24.3 Å². The van der Waals surface area contributed by atoms with Gasteiger partial charge in [-0.2, -0.15) is 0 Å². The van der Waals surface area contributed by atoms with E-state index in [1.165, 1.54) is 24.0 Å². The first-order valence-corrected chi connectivity index (χ1v) is 5.53. The van der Waals surface area contributed by atoms with Gasteiger partial charge in [0.1, 0.15) is 0 Å². The molecule has 82 valence electrons. The van der Waals surface area contributed by atoms with Gasteiger partial charge in [-0.3, -0.25) is 0 Å². The summed E-state index contributed by atoms with van der Waals surface area (Å²) in [5.41, 5.74) is 8.92. The average Bonchev–Trinajstić information content (AvgIpc) is 3.00. The van der Waals surface area contributed by atoms with Gasteiger partial charge < -0.3 is 10.5 Å². The molecule has 15 heavy (non-hydrogen) atoms. The molecule has 1 aliphatic rings. The third kappa shape index (κ3) is 1.92. The van der Waals surface area contributed by atoms with Gasteiger partial charge in [0.05, 0.1) is 6.61 Å². The molecule has 0 bridgehead atoms. The number of benzene rings is 1. The second-order valence-corrected chi connectivity index (χ2v) is 4.57. The lowest BCUT2D eigenvalue weighted by molar-refractivity contribution is 0.185. The van der Waals surface area contributed by atoms with Gasteiger partial charge in [0.25, 0.3) is 0 Å². The van der Waals surface area contributed by atoms with Crippen LogP contribution in [-0.4, -0.2) is 13.2 Å². The van der Waals surface area contributed by atoms with E-state index in [1.807, 2.05) is 0 Å². The minimum atomic E-state index is 0.255. The Balaban J connectivity index is 2.17. The molecule has 1 aromatic rings. The first-order chi connectivity index (χ1) is 7.19. The predicted octanol–water partition coefficient (Wildman–Crippen LogP) is 2.21. The van der Waals surface area contributed by atoms with Crippen LogP contribution in [0.15, 0.2) is 24.3 Å². The molecule has 2 N–H and O–H groups in total. The Morgan fingerprint density at radius 3 is 2.33 bits per heavy atom. The lowest BCUT2D eigenvalue weighted by atomic mass is 9.89. The van der Waals surface area contributed by atoms with Crippen LogP contribution in [0.3, 0.4) is 0 Å². The summed E-state index contributed by atoms with van der Waals surface area (Å²) in [7, 11) is 1.72. The van der Waals surface area contributed by atoms with E-state index < -0.39 is 0 Å². The fourth-order valence-corrected chi connectivity index (χ4v) is 2.24. The molecule has 0 spiro atoms. The monoisotopic (exact) mass is 205 g/mol. The highest BCUT2D eigenvalue weighted by Crippen LogP contribution is 2.50. The molecule has 1 unspecified atom stereocenters. The Morgan fingerprint density at radius 2 is 1.93 bits per heavy atom. The van der Waals surface area contributed by atoms with Gasteiger partial charge in [-0.15, -0.1) is 0 Å². The van der Waals surface area contributed by atoms with Crippen LogP contribution in [0.25, 0.3) is 0 Å². The molecule has 1 atom stereocenters. The largest absolute Gasteiger partial charge is 0.380 e. The van der Waals surface area contributed by atoms with Gasteiger partial charge >= 0.3 is 0 Å². The molecular formula is C13H19NO. The zero-order valence-corrected chi connectivity index (χ0v) is 9.49. The van der Waals surface area contributed by atoms with Crippen LogP contribution in [0.5, 0.6) is 0 Å². The molecule has 1 aliphatic carbocycles. The second-order valence-electron chi connectivity index (χ2n) is 4.57. The van der Waals surface area contributed by atoms with Crippen LogP contribution in [-0.2, 0) is 16.8 Å². The van der Waals surface area contributed by atoms with Crippen molar-refractivity contribution in [2.45, 2.75) is 37.8 Å². The molecule has 0 aliphatic heterocycles. The maximum atomic E-state index is 6.04. The van der Waals surface area contributed by atoms with E-state index in [1.54, 1.807) is 7.11 Å². The van der Waals surface area contributed by atoms with Gasteiger partial charge in [-0.05, 0) is 30.9 Å². The molecule has 0 radical (unpaired) electrons. The van der Waals surface area contributed by atoms with Crippen molar-refractivity contribution < 1.29 is 4.74 Å². The molecule has 1 aromatic carbocycles. The van der Waals surface area contributed by atoms with Crippen LogP contribution in [0.1, 0.15) is 30.9 Å². The summed E-state index contributed by atoms with van der Waals surface area (Å²) >= 11 is 0. The van der Waals surface area contributed by atoms with Crippen molar-refractivity contribution in [3.8, 4) is 0 Å². The van der Waals surface area contributed by atoms with E-state index in [4.69, 9.17) is 10.5 Å². The van der Waals surface area contributed by atoms with Crippen molar-refractivity contribution in [2.24, 2.45) is 5.73 Å². The van der Waals surface area contributed by atoms with Gasteiger partial charge in [0, 0.05) is 18.6 Å². The highest BCUT2D eigenvalue weighted by molar-refractivity contribution is 5.35. The summed E-state index contributed by atoms with van der Waals surface area (Å²) in [5.74, 6) is 0. The maximum absolute atomic E-state index is 6.04. The Bertz CT molecular complexity index is 325. The molecule has 2 heteroatoms. The average molecular weight is 205 g/mol. The molecule has 0 heterocycles. The van der Waals surface area contributed by atoms with Crippen LogP contribution in [0, 0.1) is 0 Å². The molecule has 0 amide bonds. The molecule has 0 saturated heterocycles. The summed E-state index contributed by atoms with van der Waals surface area (Å²) in [4.78, 5) is 0. The first kappa shape index (κ1) is 10.7. The van der Waals surface area contributed by atoms with Crippen molar-refractivity contribution in [1.82, 2.24) is 0 Å². The topological polar surface area (TPSA) is 35.2 Å². The van der Waals surface area contributed by atoms with Crippen LogP contribution in [0.2, 0.25) is 0 Å². The predicted molar refractivity (Wildman–Crippen MR) is 61.7 cm³/mol. The third-order valence-electron chi connectivity index (χ3n) is 3.50. The summed E-state index contributed by atoms with van der Waals surface area (Å²) in [6, 6.07) is 8.93. The molecule has 2 rings (SSSR count). The Hall–Kier alpha value is -0.860. The van der Waals surface area contributed by atoms with Gasteiger partial charge in [0.15, 0.2) is 0 Å². The number of nitrogens with two attached hydrogens (primary N) is 1. The Kier molecular flexibility index (Phi) is 2.81. The van der Waals surface area contributed by atoms with Crippen LogP contribution in [0.4, 0.5) is 0 Å². The van der Waals surface area contributed by atoms with Gasteiger partial charge in [0.2, 0.25) is 0 Å². The maximum Gasteiger partial charge on any atom is 0.0713 e. The molecule has 1 fully saturated rings. The Morgan fingerprint density at radius 1 is 1.33 bits per heavy atom. The molecule has 1 saturated carbocycles. The third-order valence-corrected chi connectivity index (χ3v) is 3.50. The fourth-order valence-electron chi connectivity index (χ4n) is 2.24. The zero-order chi connectivity index (χ0) is 10.9. The highest BCUT2D eigenvalue weighted by Gasteiger charge is 2.47. The second kappa shape index (κ2) is 3.95. The minimum absolute atomic E-state index is 0.255. The smallest absolute Gasteiger partial charge is 0.0713 e. The number of hydrogen-bond acceptors (Lipinski definition) is 2. The SMILES string of the molecule is COCc1ccc(C2(C(C)N)CC2)cc1. The van der Waals surface area contributed by atoms with Gasteiger partial charge in [-0.25, -0.2) is 0 Å². The van der Waals surface area contributed by atoms with E-state index in [9.17, 15) is 0 Å². The normalized spacial score (nSPS) is 19.9. The number of hydrogen-bond donors (Lipinski definition) is 1. The fraction of sp³-hybridized carbons (Fsp3) is 0.538. The lowest BCUT2D eigenvalue weighted by Gasteiger charge is -2.20. The number of methoxy groups -OCH3 is 1. The molecule has 0 aromatic heterocycles. The van der Waals surface area contributed by atoms with Crippen molar-refractivity contribution in [2.75, 3.05) is 7.11 Å². The molecule has 2 nitrogen and oxygen atoms in total. The lowest BCUT2D eigenvalue weighted by Crippen LogP contribution is -2.31. The molecular weight excluding hydrogens is 186 g/mol. The minimum Gasteiger partial charge on any atom is -0.380 e. The summed E-state index contributed by atoms with van der Waals surface area (Å²) in [5, 5.41) is 0. The van der Waals surface area contributed by atoms with Crippen molar-refractivity contribution in [3.63, 3.8) is 0 Å². The van der Waals surface area contributed by atoms with E-state index in [2.05, 4.69) is 31.2 Å². The zero-order valence-electron chi connectivity index (χ0n) is 9.49. The van der Waals surface area contributed by atoms with Crippen molar-refractivity contribution in [3.05, 3.63) is 35.4 Å². The van der Waals surface area contributed by atoms with E-state index in [0.29, 0.717) is 6.61 Å². The van der Waals surface area contributed by atoms with Crippen molar-refractivity contribution >= 4 is 0 Å². The highest BCUT2D eigenvalue weighted by atomic mass is 16.5. The summed E-state index contributed by atoms with van der Waals surface area (Å²) < 4.78 is 5.09. The quantitative estimate of drug-likeness (QED) is 0.818. The first-order valence-electron chi connectivity index (χ1n) is 5.53. The van der Waals surface area contributed by atoms with Crippen molar-refractivity contribution in [1.29, 1.82) is 0 Å².